The van der Waals surface area contributed by atoms with Gasteiger partial charge in [0.2, 0.25) is 0 Å². The Morgan fingerprint density at radius 1 is 0.818 bits per heavy atom. The van der Waals surface area contributed by atoms with Gasteiger partial charge in [0.25, 0.3) is 10.1 Å². The molecule has 0 saturated heterocycles. The van der Waals surface area contributed by atoms with Gasteiger partial charge in [0.15, 0.2) is 0 Å². The molecule has 11 nitrogen and oxygen atoms in total. The lowest BCUT2D eigenvalue weighted by atomic mass is 10.1. The molecule has 0 radical (unpaired) electrons. The zero-order chi connectivity index (χ0) is 24.3. The van der Waals surface area contributed by atoms with Crippen LogP contribution < -0.4 is 11.5 Å². The number of benzene rings is 3. The number of nitrogens with zero attached hydrogens (tertiary/aromatic N) is 4. The number of aryl methyl sites for hydroxylation is 2. The van der Waals surface area contributed by atoms with Gasteiger partial charge in [-0.15, -0.1) is 15.3 Å². The van der Waals surface area contributed by atoms with Gasteiger partial charge >= 0.3 is 5.97 Å². The van der Waals surface area contributed by atoms with E-state index < -0.39 is 26.5 Å². The number of carbonyl (C=O) groups is 1. The smallest absolute Gasteiger partial charge is 0.340 e. The first-order chi connectivity index (χ1) is 15.5. The number of carboxylic acid groups (broad SMARTS) is 1. The Morgan fingerprint density at radius 3 is 1.91 bits per heavy atom. The lowest BCUT2D eigenvalue weighted by molar-refractivity contribution is 0.0698. The van der Waals surface area contributed by atoms with Crippen LogP contribution in [-0.2, 0) is 10.1 Å². The first-order valence-electron chi connectivity index (χ1n) is 9.41. The van der Waals surface area contributed by atoms with Crippen molar-refractivity contribution in [2.75, 3.05) is 11.5 Å². The summed E-state index contributed by atoms with van der Waals surface area (Å²) < 4.78 is 32.9. The van der Waals surface area contributed by atoms with Gasteiger partial charge in [-0.25, -0.2) is 4.79 Å². The third kappa shape index (κ3) is 5.37. The molecule has 0 aliphatic carbocycles. The van der Waals surface area contributed by atoms with E-state index in [4.69, 9.17) is 11.5 Å². The van der Waals surface area contributed by atoms with Gasteiger partial charge in [-0.3, -0.25) is 4.55 Å². The zero-order valence-corrected chi connectivity index (χ0v) is 18.4. The average Bonchev–Trinajstić information content (AvgIpc) is 2.73. The van der Waals surface area contributed by atoms with Gasteiger partial charge < -0.3 is 16.6 Å². The maximum Gasteiger partial charge on any atom is 0.340 e. The Morgan fingerprint density at radius 2 is 1.36 bits per heavy atom. The van der Waals surface area contributed by atoms with Gasteiger partial charge in [0.05, 0.1) is 17.1 Å². The summed E-state index contributed by atoms with van der Waals surface area (Å²) in [5.41, 5.74) is 12.6. The Bertz CT molecular complexity index is 1400. The van der Waals surface area contributed by atoms with Gasteiger partial charge in [-0.1, -0.05) is 23.8 Å². The van der Waals surface area contributed by atoms with Crippen molar-refractivity contribution in [1.29, 1.82) is 0 Å². The van der Waals surface area contributed by atoms with E-state index in [-0.39, 0.29) is 28.4 Å². The Kier molecular flexibility index (Phi) is 6.51. The summed E-state index contributed by atoms with van der Waals surface area (Å²) in [5, 5.41) is 25.5. The highest BCUT2D eigenvalue weighted by Gasteiger charge is 2.23. The van der Waals surface area contributed by atoms with Gasteiger partial charge in [0, 0.05) is 0 Å². The molecule has 3 rings (SSSR count). The largest absolute Gasteiger partial charge is 0.478 e. The maximum atomic E-state index is 12.0. The second-order valence-electron chi connectivity index (χ2n) is 7.11. The van der Waals surface area contributed by atoms with Crippen LogP contribution in [0.25, 0.3) is 0 Å². The second kappa shape index (κ2) is 9.14. The molecule has 33 heavy (non-hydrogen) atoms. The molecule has 0 aliphatic heterocycles. The number of nitrogen functional groups attached to an aromatic ring is 2. The van der Waals surface area contributed by atoms with Crippen molar-refractivity contribution < 1.29 is 22.9 Å². The van der Waals surface area contributed by atoms with E-state index in [0.29, 0.717) is 11.3 Å². The van der Waals surface area contributed by atoms with E-state index in [1.165, 1.54) is 18.2 Å². The van der Waals surface area contributed by atoms with Crippen LogP contribution in [-0.4, -0.2) is 24.0 Å². The molecule has 0 amide bonds. The van der Waals surface area contributed by atoms with Crippen LogP contribution in [0, 0.1) is 13.8 Å². The molecule has 0 heterocycles. The summed E-state index contributed by atoms with van der Waals surface area (Å²) >= 11 is 0. The quantitative estimate of drug-likeness (QED) is 0.215. The van der Waals surface area contributed by atoms with E-state index in [9.17, 15) is 22.9 Å². The fourth-order valence-electron chi connectivity index (χ4n) is 2.86. The number of anilines is 2. The van der Waals surface area contributed by atoms with Crippen LogP contribution in [0.1, 0.15) is 21.5 Å². The Hall–Kier alpha value is -4.16. The minimum Gasteiger partial charge on any atom is -0.478 e. The molecule has 0 aliphatic rings. The fourth-order valence-corrected chi connectivity index (χ4v) is 3.56. The van der Waals surface area contributed by atoms with Crippen molar-refractivity contribution in [3.63, 3.8) is 0 Å². The minimum absolute atomic E-state index is 0.0475. The Balaban J connectivity index is 2.15. The van der Waals surface area contributed by atoms with Crippen LogP contribution in [0.4, 0.5) is 34.1 Å². The molecule has 0 atom stereocenters. The normalized spacial score (nSPS) is 12.0. The monoisotopic (exact) mass is 468 g/mol. The standard InChI is InChI=1S/C21H20N6O5S/c1-11-3-6-13(7-4-11)24-26-19-14(22)10-15(23)20(18(19)21(28)29)27-25-16-8-5-12(2)9-17(16)33(30,31)32/h3-10H,22-23H2,1-2H3,(H,28,29)(H,30,31,32). The molecule has 170 valence electrons. The predicted molar refractivity (Wildman–Crippen MR) is 123 cm³/mol. The third-order valence-electron chi connectivity index (χ3n) is 4.50. The van der Waals surface area contributed by atoms with Gasteiger partial charge in [0.1, 0.15) is 27.5 Å². The highest BCUT2D eigenvalue weighted by Crippen LogP contribution is 2.41. The number of carboxylic acids is 1. The van der Waals surface area contributed by atoms with Crippen LogP contribution in [0.5, 0.6) is 0 Å². The first kappa shape index (κ1) is 23.5. The van der Waals surface area contributed by atoms with Crippen molar-refractivity contribution in [2.45, 2.75) is 18.7 Å². The summed E-state index contributed by atoms with van der Waals surface area (Å²) in [5.74, 6) is -1.44. The van der Waals surface area contributed by atoms with Crippen LogP contribution >= 0.6 is 0 Å². The molecule has 0 spiro atoms. The van der Waals surface area contributed by atoms with Crippen LogP contribution in [0.15, 0.2) is 73.9 Å². The number of aromatic carboxylic acids is 1. The molecular weight excluding hydrogens is 448 g/mol. The first-order valence-corrected chi connectivity index (χ1v) is 10.8. The van der Waals surface area contributed by atoms with Crippen LogP contribution in [0.3, 0.4) is 0 Å². The second-order valence-corrected chi connectivity index (χ2v) is 8.50. The maximum absolute atomic E-state index is 12.0. The average molecular weight is 468 g/mol. The summed E-state index contributed by atoms with van der Waals surface area (Å²) in [6.07, 6.45) is 0. The molecule has 0 bridgehead atoms. The van der Waals surface area contributed by atoms with E-state index in [2.05, 4.69) is 20.5 Å². The number of nitrogens with two attached hydrogens (primary N) is 2. The molecule has 0 fully saturated rings. The predicted octanol–water partition coefficient (Wildman–Crippen LogP) is 5.24. The molecule has 0 aromatic heterocycles. The van der Waals surface area contributed by atoms with Crippen molar-refractivity contribution in [2.24, 2.45) is 20.5 Å². The number of hydrogen-bond donors (Lipinski definition) is 4. The SMILES string of the molecule is Cc1ccc(N=Nc2c(N)cc(N)c(N=Nc3ccc(C)cc3S(=O)(=O)O)c2C(=O)O)cc1. The minimum atomic E-state index is -4.61. The molecule has 6 N–H and O–H groups in total. The summed E-state index contributed by atoms with van der Waals surface area (Å²) in [4.78, 5) is 11.5. The highest BCUT2D eigenvalue weighted by atomic mass is 32.2. The van der Waals surface area contributed by atoms with Crippen molar-refractivity contribution >= 4 is 50.2 Å². The van der Waals surface area contributed by atoms with Crippen molar-refractivity contribution in [3.05, 3.63) is 65.2 Å². The molecular formula is C21H20N6O5S. The van der Waals surface area contributed by atoms with E-state index in [1.54, 1.807) is 25.1 Å². The Labute approximate surface area is 189 Å². The van der Waals surface area contributed by atoms with Crippen LogP contribution in [0.2, 0.25) is 0 Å². The lowest BCUT2D eigenvalue weighted by Crippen LogP contribution is -2.03. The molecule has 3 aromatic carbocycles. The molecule has 0 unspecified atom stereocenters. The zero-order valence-electron chi connectivity index (χ0n) is 17.6. The molecule has 0 saturated carbocycles. The van der Waals surface area contributed by atoms with Gasteiger partial charge in [-0.05, 0) is 49.7 Å². The van der Waals surface area contributed by atoms with E-state index >= 15 is 0 Å². The topological polar surface area (TPSA) is 193 Å². The molecule has 12 heteroatoms. The number of rotatable bonds is 6. The van der Waals surface area contributed by atoms with Crippen molar-refractivity contribution in [3.8, 4) is 0 Å². The van der Waals surface area contributed by atoms with Gasteiger partial charge in [-0.2, -0.15) is 13.5 Å². The highest BCUT2D eigenvalue weighted by molar-refractivity contribution is 7.86. The third-order valence-corrected chi connectivity index (χ3v) is 5.38. The van der Waals surface area contributed by atoms with Crippen molar-refractivity contribution in [1.82, 2.24) is 0 Å². The van der Waals surface area contributed by atoms with E-state index in [1.807, 2.05) is 19.1 Å². The lowest BCUT2D eigenvalue weighted by Gasteiger charge is -2.10. The summed E-state index contributed by atoms with van der Waals surface area (Å²) in [6.45, 7) is 3.53. The summed E-state index contributed by atoms with van der Waals surface area (Å²) in [7, 11) is -4.61. The fraction of sp³-hybridized carbons (Fsp3) is 0.0952. The van der Waals surface area contributed by atoms with E-state index in [0.717, 1.165) is 5.56 Å². The summed E-state index contributed by atoms with van der Waals surface area (Å²) in [6, 6.07) is 12.3. The molecule has 3 aromatic rings. The number of hydrogen-bond acceptors (Lipinski definition) is 9. The number of azo groups is 2.